The van der Waals surface area contributed by atoms with E-state index in [0.29, 0.717) is 12.0 Å². The molecule has 0 aromatic heterocycles. The first-order chi connectivity index (χ1) is 7.76. The van der Waals surface area contributed by atoms with Crippen LogP contribution in [0.5, 0.6) is 0 Å². The number of hydrogen-bond acceptors (Lipinski definition) is 3. The van der Waals surface area contributed by atoms with Gasteiger partial charge in [-0.1, -0.05) is 6.92 Å². The van der Waals surface area contributed by atoms with E-state index < -0.39 is 5.60 Å². The molecule has 2 aliphatic heterocycles. The SMILES string of the molecule is CCC12CN(C(=O)OC(C)(C)C)C(CN)(C1)C2. The summed E-state index contributed by atoms with van der Waals surface area (Å²) in [6.45, 7) is 9.25. The number of hydrogen-bond donors (Lipinski definition) is 1. The van der Waals surface area contributed by atoms with Crippen molar-refractivity contribution >= 4 is 6.09 Å². The molecule has 98 valence electrons. The van der Waals surface area contributed by atoms with E-state index in [1.165, 1.54) is 0 Å². The van der Waals surface area contributed by atoms with Gasteiger partial charge < -0.3 is 15.4 Å². The standard InChI is InChI=1S/C13H24N2O2/c1-5-12-6-13(7-12,8-14)15(9-12)10(16)17-11(2,3)4/h5-9,14H2,1-4H3. The predicted octanol–water partition coefficient (Wildman–Crippen LogP) is 2.12. The highest BCUT2D eigenvalue weighted by Gasteiger charge is 2.65. The van der Waals surface area contributed by atoms with Crippen LogP contribution >= 0.6 is 0 Å². The van der Waals surface area contributed by atoms with Gasteiger partial charge in [0.2, 0.25) is 0 Å². The first kappa shape index (κ1) is 12.7. The Morgan fingerprint density at radius 3 is 2.41 bits per heavy atom. The van der Waals surface area contributed by atoms with E-state index >= 15 is 0 Å². The van der Waals surface area contributed by atoms with Crippen molar-refractivity contribution in [3.63, 3.8) is 0 Å². The molecule has 0 radical (unpaired) electrons. The van der Waals surface area contributed by atoms with Crippen LogP contribution in [0.3, 0.4) is 0 Å². The number of carbonyl (C=O) groups is 1. The maximum Gasteiger partial charge on any atom is 0.410 e. The van der Waals surface area contributed by atoms with Gasteiger partial charge in [0.25, 0.3) is 0 Å². The zero-order valence-electron chi connectivity index (χ0n) is 11.4. The van der Waals surface area contributed by atoms with Crippen LogP contribution in [0.2, 0.25) is 0 Å². The second kappa shape index (κ2) is 3.61. The third-order valence-corrected chi connectivity index (χ3v) is 4.22. The van der Waals surface area contributed by atoms with Crippen LogP contribution in [-0.2, 0) is 4.74 Å². The van der Waals surface area contributed by atoms with Crippen LogP contribution in [0.15, 0.2) is 0 Å². The molecule has 0 spiro atoms. The molecule has 4 nitrogen and oxygen atoms in total. The van der Waals surface area contributed by atoms with Gasteiger partial charge in [0.05, 0.1) is 5.54 Å². The summed E-state index contributed by atoms with van der Waals surface area (Å²) in [5.74, 6) is 0. The summed E-state index contributed by atoms with van der Waals surface area (Å²) in [4.78, 5) is 14.0. The lowest BCUT2D eigenvalue weighted by atomic mass is 9.61. The number of amides is 1. The smallest absolute Gasteiger partial charge is 0.410 e. The molecule has 2 heterocycles. The van der Waals surface area contributed by atoms with Crippen molar-refractivity contribution in [3.05, 3.63) is 0 Å². The molecule has 1 amide bonds. The number of carbonyl (C=O) groups excluding carboxylic acids is 1. The highest BCUT2D eigenvalue weighted by atomic mass is 16.6. The lowest BCUT2D eigenvalue weighted by Gasteiger charge is -2.46. The summed E-state index contributed by atoms with van der Waals surface area (Å²) in [6.07, 6.45) is 3.02. The molecule has 3 aliphatic rings. The summed E-state index contributed by atoms with van der Waals surface area (Å²) in [5, 5.41) is 0. The molecular formula is C13H24N2O2. The second-order valence-corrected chi connectivity index (χ2v) is 6.70. The van der Waals surface area contributed by atoms with Gasteiger partial charge in [-0.05, 0) is 45.4 Å². The van der Waals surface area contributed by atoms with E-state index in [-0.39, 0.29) is 11.6 Å². The molecule has 3 rings (SSSR count). The zero-order valence-corrected chi connectivity index (χ0v) is 11.4. The first-order valence-corrected chi connectivity index (χ1v) is 6.47. The van der Waals surface area contributed by atoms with E-state index in [4.69, 9.17) is 10.5 Å². The van der Waals surface area contributed by atoms with Gasteiger partial charge in [0, 0.05) is 13.1 Å². The minimum atomic E-state index is -0.431. The van der Waals surface area contributed by atoms with E-state index in [2.05, 4.69) is 6.92 Å². The van der Waals surface area contributed by atoms with Gasteiger partial charge in [-0.2, -0.15) is 0 Å². The lowest BCUT2D eigenvalue weighted by Crippen LogP contribution is -2.56. The third-order valence-electron chi connectivity index (χ3n) is 4.22. The Morgan fingerprint density at radius 1 is 1.41 bits per heavy atom. The lowest BCUT2D eigenvalue weighted by molar-refractivity contribution is 0.00423. The third kappa shape index (κ3) is 1.92. The van der Waals surface area contributed by atoms with E-state index in [0.717, 1.165) is 25.8 Å². The van der Waals surface area contributed by atoms with Crippen molar-refractivity contribution in [3.8, 4) is 0 Å². The molecule has 0 unspecified atom stereocenters. The highest BCUT2D eigenvalue weighted by molar-refractivity contribution is 5.71. The van der Waals surface area contributed by atoms with Crippen LogP contribution in [0.25, 0.3) is 0 Å². The van der Waals surface area contributed by atoms with Gasteiger partial charge in [-0.3, -0.25) is 0 Å². The van der Waals surface area contributed by atoms with Gasteiger partial charge in [0.1, 0.15) is 5.60 Å². The fourth-order valence-electron chi connectivity index (χ4n) is 3.34. The van der Waals surface area contributed by atoms with Crippen LogP contribution in [-0.4, -0.2) is 35.2 Å². The highest BCUT2D eigenvalue weighted by Crippen LogP contribution is 2.60. The number of ether oxygens (including phenoxy) is 1. The van der Waals surface area contributed by atoms with Crippen molar-refractivity contribution in [2.24, 2.45) is 11.1 Å². The summed E-state index contributed by atoms with van der Waals surface area (Å²) in [5.41, 5.74) is 5.63. The fourth-order valence-corrected chi connectivity index (χ4v) is 3.34. The van der Waals surface area contributed by atoms with Crippen molar-refractivity contribution in [2.75, 3.05) is 13.1 Å². The topological polar surface area (TPSA) is 55.6 Å². The maximum absolute atomic E-state index is 12.2. The molecule has 2 bridgehead atoms. The van der Waals surface area contributed by atoms with Crippen molar-refractivity contribution < 1.29 is 9.53 Å². The predicted molar refractivity (Wildman–Crippen MR) is 66.7 cm³/mol. The Hall–Kier alpha value is -0.770. The molecule has 1 aliphatic carbocycles. The second-order valence-electron chi connectivity index (χ2n) is 6.70. The van der Waals surface area contributed by atoms with Gasteiger partial charge in [0.15, 0.2) is 0 Å². The van der Waals surface area contributed by atoms with E-state index in [1.807, 2.05) is 25.7 Å². The maximum atomic E-state index is 12.2. The Bertz CT molecular complexity index is 327. The van der Waals surface area contributed by atoms with Crippen LogP contribution in [0, 0.1) is 5.41 Å². The number of nitrogens with zero attached hydrogens (tertiary/aromatic N) is 1. The minimum Gasteiger partial charge on any atom is -0.444 e. The van der Waals surface area contributed by atoms with Crippen LogP contribution < -0.4 is 5.73 Å². The first-order valence-electron chi connectivity index (χ1n) is 6.47. The molecule has 0 aromatic carbocycles. The molecule has 0 aromatic rings. The normalized spacial score (nSPS) is 35.7. The quantitative estimate of drug-likeness (QED) is 0.804. The van der Waals surface area contributed by atoms with E-state index in [1.54, 1.807) is 0 Å². The Labute approximate surface area is 103 Å². The molecule has 4 heteroatoms. The molecule has 1 saturated carbocycles. The minimum absolute atomic E-state index is 0.113. The molecule has 3 fully saturated rings. The number of nitrogens with two attached hydrogens (primary N) is 1. The van der Waals surface area contributed by atoms with Gasteiger partial charge in [-0.15, -0.1) is 0 Å². The molecule has 2 saturated heterocycles. The average Bonchev–Trinajstić information content (AvgIpc) is 2.64. The number of rotatable bonds is 2. The average molecular weight is 240 g/mol. The summed E-state index contributed by atoms with van der Waals surface area (Å²) in [7, 11) is 0. The van der Waals surface area contributed by atoms with E-state index in [9.17, 15) is 4.79 Å². The molecule has 17 heavy (non-hydrogen) atoms. The monoisotopic (exact) mass is 240 g/mol. The van der Waals surface area contributed by atoms with Crippen LogP contribution in [0.1, 0.15) is 47.0 Å². The zero-order chi connectivity index (χ0) is 12.9. The fraction of sp³-hybridized carbons (Fsp3) is 0.923. The van der Waals surface area contributed by atoms with Gasteiger partial charge in [-0.25, -0.2) is 4.79 Å². The largest absolute Gasteiger partial charge is 0.444 e. The Morgan fingerprint density at radius 2 is 2.00 bits per heavy atom. The Kier molecular flexibility index (Phi) is 2.69. The Balaban J connectivity index is 2.10. The summed E-state index contributed by atoms with van der Waals surface area (Å²) < 4.78 is 5.47. The van der Waals surface area contributed by atoms with Crippen molar-refractivity contribution in [1.82, 2.24) is 4.90 Å². The van der Waals surface area contributed by atoms with Crippen LogP contribution in [0.4, 0.5) is 4.79 Å². The summed E-state index contributed by atoms with van der Waals surface area (Å²) in [6, 6.07) is 0. The van der Waals surface area contributed by atoms with Crippen molar-refractivity contribution in [2.45, 2.75) is 58.1 Å². The molecule has 0 atom stereocenters. The summed E-state index contributed by atoms with van der Waals surface area (Å²) >= 11 is 0. The van der Waals surface area contributed by atoms with Gasteiger partial charge >= 0.3 is 6.09 Å². The molecule has 2 N–H and O–H groups in total. The number of fused-ring (bicyclic) bond motifs is 1. The van der Waals surface area contributed by atoms with Crippen molar-refractivity contribution in [1.29, 1.82) is 0 Å². The molecular weight excluding hydrogens is 216 g/mol.